The third-order valence-corrected chi connectivity index (χ3v) is 2.58. The predicted octanol–water partition coefficient (Wildman–Crippen LogP) is 0.779. The maximum Gasteiger partial charge on any atom is 0.257 e. The standard InChI is InChI=1S/C14H21N3O3/c1-9(2)7-17-14(19)10-4-5-11(15)12(6-10)20-8-13(18)16-3/h4-6,9H,7-8,15H2,1-3H3,(H,16,18)(H,17,19). The Labute approximate surface area is 118 Å². The summed E-state index contributed by atoms with van der Waals surface area (Å²) in [6.07, 6.45) is 0. The molecule has 6 heteroatoms. The summed E-state index contributed by atoms with van der Waals surface area (Å²) in [4.78, 5) is 23.1. The van der Waals surface area contributed by atoms with Crippen LogP contribution in [0.3, 0.4) is 0 Å². The number of amides is 2. The molecule has 0 aliphatic heterocycles. The summed E-state index contributed by atoms with van der Waals surface area (Å²) in [7, 11) is 1.52. The number of nitrogens with one attached hydrogen (secondary N) is 2. The van der Waals surface area contributed by atoms with Crippen LogP contribution in [0.4, 0.5) is 5.69 Å². The van der Waals surface area contributed by atoms with Crippen molar-refractivity contribution in [1.29, 1.82) is 0 Å². The first kappa shape index (κ1) is 15.8. The minimum absolute atomic E-state index is 0.141. The maximum absolute atomic E-state index is 11.9. The number of nitrogen functional groups attached to an aromatic ring is 1. The Balaban J connectivity index is 2.74. The van der Waals surface area contributed by atoms with E-state index in [1.54, 1.807) is 12.1 Å². The fourth-order valence-corrected chi connectivity index (χ4v) is 1.41. The lowest BCUT2D eigenvalue weighted by atomic mass is 10.1. The highest BCUT2D eigenvalue weighted by Gasteiger charge is 2.10. The summed E-state index contributed by atoms with van der Waals surface area (Å²) < 4.78 is 5.29. The van der Waals surface area contributed by atoms with E-state index < -0.39 is 0 Å². The number of likely N-dealkylation sites (N-methyl/N-ethyl adjacent to an activating group) is 1. The van der Waals surface area contributed by atoms with Gasteiger partial charge in [-0.2, -0.15) is 0 Å². The molecule has 6 nitrogen and oxygen atoms in total. The van der Waals surface area contributed by atoms with E-state index in [9.17, 15) is 9.59 Å². The Hall–Kier alpha value is -2.24. The van der Waals surface area contributed by atoms with Gasteiger partial charge in [-0.1, -0.05) is 13.8 Å². The average Bonchev–Trinajstić information content (AvgIpc) is 2.43. The van der Waals surface area contributed by atoms with E-state index in [2.05, 4.69) is 10.6 Å². The molecule has 2 amide bonds. The minimum Gasteiger partial charge on any atom is -0.482 e. The molecule has 0 radical (unpaired) electrons. The normalized spacial score (nSPS) is 10.2. The molecule has 0 aliphatic rings. The summed E-state index contributed by atoms with van der Waals surface area (Å²) >= 11 is 0. The van der Waals surface area contributed by atoms with Crippen molar-refractivity contribution in [1.82, 2.24) is 10.6 Å². The van der Waals surface area contributed by atoms with Gasteiger partial charge >= 0.3 is 0 Å². The average molecular weight is 279 g/mol. The summed E-state index contributed by atoms with van der Waals surface area (Å²) in [6.45, 7) is 4.48. The molecule has 0 atom stereocenters. The molecule has 1 aromatic carbocycles. The number of benzene rings is 1. The third kappa shape index (κ3) is 4.79. The van der Waals surface area contributed by atoms with Crippen LogP contribution in [0.15, 0.2) is 18.2 Å². The predicted molar refractivity (Wildman–Crippen MR) is 77.6 cm³/mol. The molecule has 0 unspecified atom stereocenters. The van der Waals surface area contributed by atoms with Gasteiger partial charge < -0.3 is 21.1 Å². The first-order valence-corrected chi connectivity index (χ1v) is 6.45. The molecular weight excluding hydrogens is 258 g/mol. The first-order valence-electron chi connectivity index (χ1n) is 6.45. The lowest BCUT2D eigenvalue weighted by molar-refractivity contribution is -0.122. The van der Waals surface area contributed by atoms with Gasteiger partial charge in [0.1, 0.15) is 5.75 Å². The highest BCUT2D eigenvalue weighted by atomic mass is 16.5. The van der Waals surface area contributed by atoms with Crippen LogP contribution in [0, 0.1) is 5.92 Å². The zero-order valence-electron chi connectivity index (χ0n) is 12.0. The lowest BCUT2D eigenvalue weighted by Crippen LogP contribution is -2.27. The van der Waals surface area contributed by atoms with Crippen molar-refractivity contribution in [2.75, 3.05) is 25.9 Å². The molecule has 1 aromatic rings. The molecule has 20 heavy (non-hydrogen) atoms. The molecule has 0 saturated carbocycles. The number of hydrogen-bond acceptors (Lipinski definition) is 4. The summed E-state index contributed by atoms with van der Waals surface area (Å²) in [6, 6.07) is 4.75. The van der Waals surface area contributed by atoms with Gasteiger partial charge in [0, 0.05) is 19.2 Å². The summed E-state index contributed by atoms with van der Waals surface area (Å²) in [5.41, 5.74) is 6.59. The van der Waals surface area contributed by atoms with Crippen molar-refractivity contribution in [2.45, 2.75) is 13.8 Å². The fraction of sp³-hybridized carbons (Fsp3) is 0.429. The summed E-state index contributed by atoms with van der Waals surface area (Å²) in [5.74, 6) is 0.241. The molecule has 0 aliphatic carbocycles. The largest absolute Gasteiger partial charge is 0.482 e. The molecule has 4 N–H and O–H groups in total. The van der Waals surface area contributed by atoms with Gasteiger partial charge in [-0.05, 0) is 24.1 Å². The van der Waals surface area contributed by atoms with Crippen molar-refractivity contribution in [3.8, 4) is 5.75 Å². The Kier molecular flexibility index (Phi) is 5.83. The minimum atomic E-state index is -0.265. The van der Waals surface area contributed by atoms with Crippen molar-refractivity contribution < 1.29 is 14.3 Å². The number of rotatable bonds is 6. The van der Waals surface area contributed by atoms with E-state index >= 15 is 0 Å². The fourth-order valence-electron chi connectivity index (χ4n) is 1.41. The molecule has 0 saturated heterocycles. The van der Waals surface area contributed by atoms with Gasteiger partial charge in [0.05, 0.1) is 5.69 Å². The summed E-state index contributed by atoms with van der Waals surface area (Å²) in [5, 5.41) is 5.25. The second kappa shape index (κ2) is 7.37. The van der Waals surface area contributed by atoms with Crippen molar-refractivity contribution in [2.24, 2.45) is 5.92 Å². The van der Waals surface area contributed by atoms with Crippen molar-refractivity contribution in [3.63, 3.8) is 0 Å². The zero-order valence-corrected chi connectivity index (χ0v) is 12.0. The van der Waals surface area contributed by atoms with Crippen LogP contribution in [0.5, 0.6) is 5.75 Å². The molecule has 1 rings (SSSR count). The van der Waals surface area contributed by atoms with Crippen LogP contribution < -0.4 is 21.1 Å². The molecule has 110 valence electrons. The third-order valence-electron chi connectivity index (χ3n) is 2.58. The smallest absolute Gasteiger partial charge is 0.257 e. The van der Waals surface area contributed by atoms with Gasteiger partial charge in [0.15, 0.2) is 6.61 Å². The van der Waals surface area contributed by atoms with Gasteiger partial charge in [-0.3, -0.25) is 9.59 Å². The van der Waals surface area contributed by atoms with Crippen LogP contribution in [0.2, 0.25) is 0 Å². The molecule has 0 spiro atoms. The second-order valence-electron chi connectivity index (χ2n) is 4.82. The maximum atomic E-state index is 11.9. The number of nitrogens with two attached hydrogens (primary N) is 1. The van der Waals surface area contributed by atoms with E-state index in [1.165, 1.54) is 13.1 Å². The lowest BCUT2D eigenvalue weighted by Gasteiger charge is -2.11. The van der Waals surface area contributed by atoms with Gasteiger partial charge in [0.2, 0.25) is 0 Å². The Bertz CT molecular complexity index is 487. The Morgan fingerprint density at radius 2 is 2.05 bits per heavy atom. The number of carbonyl (C=O) groups is 2. The molecular formula is C14H21N3O3. The van der Waals surface area contributed by atoms with E-state index in [4.69, 9.17) is 10.5 Å². The van der Waals surface area contributed by atoms with Crippen LogP contribution in [-0.2, 0) is 4.79 Å². The Morgan fingerprint density at radius 3 is 2.65 bits per heavy atom. The monoisotopic (exact) mass is 279 g/mol. The molecule has 0 fully saturated rings. The highest BCUT2D eigenvalue weighted by molar-refractivity contribution is 5.95. The number of carbonyl (C=O) groups excluding carboxylic acids is 2. The van der Waals surface area contributed by atoms with E-state index in [0.717, 1.165) is 0 Å². The van der Waals surface area contributed by atoms with E-state index in [-0.39, 0.29) is 18.4 Å². The van der Waals surface area contributed by atoms with E-state index in [1.807, 2.05) is 13.8 Å². The van der Waals surface area contributed by atoms with Crippen LogP contribution in [0.25, 0.3) is 0 Å². The van der Waals surface area contributed by atoms with Crippen molar-refractivity contribution in [3.05, 3.63) is 23.8 Å². The highest BCUT2D eigenvalue weighted by Crippen LogP contribution is 2.22. The molecule has 0 bridgehead atoms. The van der Waals surface area contributed by atoms with Gasteiger partial charge in [-0.25, -0.2) is 0 Å². The number of hydrogen-bond donors (Lipinski definition) is 3. The van der Waals surface area contributed by atoms with Crippen molar-refractivity contribution >= 4 is 17.5 Å². The topological polar surface area (TPSA) is 93.4 Å². The number of ether oxygens (including phenoxy) is 1. The second-order valence-corrected chi connectivity index (χ2v) is 4.82. The molecule has 0 aromatic heterocycles. The first-order chi connectivity index (χ1) is 9.43. The van der Waals surface area contributed by atoms with Crippen LogP contribution in [0.1, 0.15) is 24.2 Å². The van der Waals surface area contributed by atoms with Crippen LogP contribution in [-0.4, -0.2) is 32.0 Å². The SMILES string of the molecule is CNC(=O)COc1cc(C(=O)NCC(C)C)ccc1N. The molecule has 0 heterocycles. The van der Waals surface area contributed by atoms with Gasteiger partial charge in [0.25, 0.3) is 11.8 Å². The number of anilines is 1. The van der Waals surface area contributed by atoms with Gasteiger partial charge in [-0.15, -0.1) is 0 Å². The quantitative estimate of drug-likeness (QED) is 0.671. The zero-order chi connectivity index (χ0) is 15.1. The Morgan fingerprint density at radius 1 is 1.35 bits per heavy atom. The van der Waals surface area contributed by atoms with Crippen LogP contribution >= 0.6 is 0 Å². The van der Waals surface area contributed by atoms with E-state index in [0.29, 0.717) is 29.5 Å².